The summed E-state index contributed by atoms with van der Waals surface area (Å²) < 4.78 is 0. The summed E-state index contributed by atoms with van der Waals surface area (Å²) in [6.07, 6.45) is 1.58. The van der Waals surface area contributed by atoms with Crippen LogP contribution in [0.25, 0.3) is 0 Å². The minimum absolute atomic E-state index is 0.00102. The smallest absolute Gasteiger partial charge is 0.239 e. The molecular formula is C11H16ClN3O. The van der Waals surface area contributed by atoms with Crippen LogP contribution in [0.1, 0.15) is 13.8 Å². The molecule has 4 nitrogen and oxygen atoms in total. The number of anilines is 1. The number of carbonyl (C=O) groups is 1. The van der Waals surface area contributed by atoms with Crippen LogP contribution in [0.2, 0.25) is 5.02 Å². The number of nitrogens with one attached hydrogen (secondary N) is 1. The van der Waals surface area contributed by atoms with Gasteiger partial charge >= 0.3 is 0 Å². The van der Waals surface area contributed by atoms with E-state index >= 15 is 0 Å². The zero-order valence-electron chi connectivity index (χ0n) is 9.53. The second-order valence-corrected chi connectivity index (χ2v) is 3.74. The summed E-state index contributed by atoms with van der Waals surface area (Å²) in [6.45, 7) is 5.57. The second-order valence-electron chi connectivity index (χ2n) is 3.30. The first-order valence-corrected chi connectivity index (χ1v) is 5.68. The summed E-state index contributed by atoms with van der Waals surface area (Å²) in [6, 6.07) is 3.58. The van der Waals surface area contributed by atoms with Gasteiger partial charge in [0, 0.05) is 19.3 Å². The zero-order valence-corrected chi connectivity index (χ0v) is 10.3. The van der Waals surface area contributed by atoms with Crippen molar-refractivity contribution in [3.8, 4) is 0 Å². The lowest BCUT2D eigenvalue weighted by atomic mass is 10.4. The van der Waals surface area contributed by atoms with Crippen molar-refractivity contribution in [1.82, 2.24) is 10.3 Å². The summed E-state index contributed by atoms with van der Waals surface area (Å²) in [5.41, 5.74) is 0. The minimum Gasteiger partial charge on any atom is -0.355 e. The molecule has 0 spiro atoms. The summed E-state index contributed by atoms with van der Waals surface area (Å²) >= 11 is 5.75. The number of aromatic nitrogens is 1. The van der Waals surface area contributed by atoms with Crippen LogP contribution in [0.4, 0.5) is 5.82 Å². The maximum absolute atomic E-state index is 11.4. The fourth-order valence-electron chi connectivity index (χ4n) is 1.34. The van der Waals surface area contributed by atoms with Crippen LogP contribution in [0.3, 0.4) is 0 Å². The Balaban J connectivity index is 2.67. The van der Waals surface area contributed by atoms with E-state index < -0.39 is 0 Å². The van der Waals surface area contributed by atoms with Crippen molar-refractivity contribution in [2.75, 3.05) is 24.5 Å². The molecule has 0 saturated heterocycles. The number of hydrogen-bond acceptors (Lipinski definition) is 3. The number of likely N-dealkylation sites (N-methyl/N-ethyl adjacent to an activating group) is 2. The van der Waals surface area contributed by atoms with Crippen LogP contribution in [0, 0.1) is 0 Å². The van der Waals surface area contributed by atoms with E-state index in [1.165, 1.54) is 0 Å². The van der Waals surface area contributed by atoms with Crippen LogP contribution in [-0.4, -0.2) is 30.5 Å². The van der Waals surface area contributed by atoms with Gasteiger partial charge in [0.2, 0.25) is 5.91 Å². The molecule has 0 aliphatic rings. The predicted octanol–water partition coefficient (Wildman–Crippen LogP) is 1.70. The standard InChI is InChI=1S/C11H16ClN3O/c1-3-13-11(16)8-15(4-2)10-6-5-9(12)7-14-10/h5-7H,3-4,8H2,1-2H3,(H,13,16). The van der Waals surface area contributed by atoms with Gasteiger partial charge in [0.15, 0.2) is 0 Å². The van der Waals surface area contributed by atoms with Gasteiger partial charge in [-0.15, -0.1) is 0 Å². The van der Waals surface area contributed by atoms with Crippen LogP contribution >= 0.6 is 11.6 Å². The second kappa shape index (κ2) is 6.33. The van der Waals surface area contributed by atoms with E-state index in [2.05, 4.69) is 10.3 Å². The zero-order chi connectivity index (χ0) is 12.0. The highest BCUT2D eigenvalue weighted by atomic mass is 35.5. The van der Waals surface area contributed by atoms with E-state index in [-0.39, 0.29) is 5.91 Å². The van der Waals surface area contributed by atoms with Crippen molar-refractivity contribution < 1.29 is 4.79 Å². The Bertz CT molecular complexity index is 340. The Morgan fingerprint density at radius 1 is 1.50 bits per heavy atom. The average Bonchev–Trinajstić information content (AvgIpc) is 2.27. The molecule has 0 saturated carbocycles. The third-order valence-corrected chi connectivity index (χ3v) is 2.35. The lowest BCUT2D eigenvalue weighted by molar-refractivity contribution is -0.119. The first kappa shape index (κ1) is 12.8. The van der Waals surface area contributed by atoms with Crippen LogP contribution in [-0.2, 0) is 4.79 Å². The van der Waals surface area contributed by atoms with Gasteiger partial charge in [-0.2, -0.15) is 0 Å². The number of rotatable bonds is 5. The van der Waals surface area contributed by atoms with E-state index in [4.69, 9.17) is 11.6 Å². The molecule has 88 valence electrons. The van der Waals surface area contributed by atoms with Gasteiger partial charge in [0.25, 0.3) is 0 Å². The van der Waals surface area contributed by atoms with E-state index in [0.29, 0.717) is 18.1 Å². The lowest BCUT2D eigenvalue weighted by Crippen LogP contribution is -2.37. The quantitative estimate of drug-likeness (QED) is 0.854. The molecule has 1 amide bonds. The number of amides is 1. The van der Waals surface area contributed by atoms with Crippen molar-refractivity contribution in [3.05, 3.63) is 23.4 Å². The fourth-order valence-corrected chi connectivity index (χ4v) is 1.45. The molecule has 0 bridgehead atoms. The molecule has 0 unspecified atom stereocenters. The molecule has 0 radical (unpaired) electrons. The van der Waals surface area contributed by atoms with Gasteiger partial charge in [-0.05, 0) is 26.0 Å². The van der Waals surface area contributed by atoms with Crippen molar-refractivity contribution in [3.63, 3.8) is 0 Å². The van der Waals surface area contributed by atoms with Crippen molar-refractivity contribution >= 4 is 23.3 Å². The molecule has 0 atom stereocenters. The number of pyridine rings is 1. The summed E-state index contributed by atoms with van der Waals surface area (Å²) in [5.74, 6) is 0.763. The molecule has 1 aromatic rings. The molecule has 1 heterocycles. The first-order chi connectivity index (χ1) is 7.67. The highest BCUT2D eigenvalue weighted by Gasteiger charge is 2.09. The van der Waals surface area contributed by atoms with Crippen molar-refractivity contribution in [2.45, 2.75) is 13.8 Å². The molecule has 0 aliphatic carbocycles. The fraction of sp³-hybridized carbons (Fsp3) is 0.455. The summed E-state index contributed by atoms with van der Waals surface area (Å²) in [4.78, 5) is 17.5. The third-order valence-electron chi connectivity index (χ3n) is 2.13. The Labute approximate surface area is 101 Å². The molecule has 1 aromatic heterocycles. The Kier molecular flexibility index (Phi) is 5.05. The molecule has 1 N–H and O–H groups in total. The first-order valence-electron chi connectivity index (χ1n) is 5.30. The number of carbonyl (C=O) groups excluding carboxylic acids is 1. The minimum atomic E-state index is 0.00102. The highest BCUT2D eigenvalue weighted by Crippen LogP contribution is 2.13. The predicted molar refractivity (Wildman–Crippen MR) is 65.8 cm³/mol. The SMILES string of the molecule is CCNC(=O)CN(CC)c1ccc(Cl)cn1. The van der Waals surface area contributed by atoms with E-state index in [9.17, 15) is 4.79 Å². The summed E-state index contributed by atoms with van der Waals surface area (Å²) in [5, 5.41) is 3.35. The van der Waals surface area contributed by atoms with Crippen LogP contribution in [0.15, 0.2) is 18.3 Å². The highest BCUT2D eigenvalue weighted by molar-refractivity contribution is 6.30. The van der Waals surface area contributed by atoms with Gasteiger partial charge in [-0.3, -0.25) is 4.79 Å². The largest absolute Gasteiger partial charge is 0.355 e. The van der Waals surface area contributed by atoms with Crippen molar-refractivity contribution in [2.24, 2.45) is 0 Å². The lowest BCUT2D eigenvalue weighted by Gasteiger charge is -2.20. The summed E-state index contributed by atoms with van der Waals surface area (Å²) in [7, 11) is 0. The third kappa shape index (κ3) is 3.70. The van der Waals surface area contributed by atoms with E-state index in [1.807, 2.05) is 24.8 Å². The maximum Gasteiger partial charge on any atom is 0.239 e. The maximum atomic E-state index is 11.4. The normalized spacial score (nSPS) is 9.94. The van der Waals surface area contributed by atoms with Gasteiger partial charge in [-0.25, -0.2) is 4.98 Å². The van der Waals surface area contributed by atoms with Gasteiger partial charge < -0.3 is 10.2 Å². The monoisotopic (exact) mass is 241 g/mol. The Morgan fingerprint density at radius 3 is 2.75 bits per heavy atom. The Hall–Kier alpha value is -1.29. The average molecular weight is 242 g/mol. The molecule has 0 fully saturated rings. The van der Waals surface area contributed by atoms with Crippen molar-refractivity contribution in [1.29, 1.82) is 0 Å². The topological polar surface area (TPSA) is 45.2 Å². The molecule has 5 heteroatoms. The molecular weight excluding hydrogens is 226 g/mol. The number of halogens is 1. The van der Waals surface area contributed by atoms with Gasteiger partial charge in [0.05, 0.1) is 11.6 Å². The van der Waals surface area contributed by atoms with E-state index in [0.717, 1.165) is 12.4 Å². The number of nitrogens with zero attached hydrogens (tertiary/aromatic N) is 2. The van der Waals surface area contributed by atoms with E-state index in [1.54, 1.807) is 12.3 Å². The Morgan fingerprint density at radius 2 is 2.25 bits per heavy atom. The molecule has 1 rings (SSSR count). The molecule has 16 heavy (non-hydrogen) atoms. The molecule has 0 aromatic carbocycles. The van der Waals surface area contributed by atoms with Crippen LogP contribution in [0.5, 0.6) is 0 Å². The van der Waals surface area contributed by atoms with Crippen LogP contribution < -0.4 is 10.2 Å². The van der Waals surface area contributed by atoms with Gasteiger partial charge in [0.1, 0.15) is 5.82 Å². The number of hydrogen-bond donors (Lipinski definition) is 1. The van der Waals surface area contributed by atoms with Gasteiger partial charge in [-0.1, -0.05) is 11.6 Å². The molecule has 0 aliphatic heterocycles.